The van der Waals surface area contributed by atoms with Crippen LogP contribution in [0.15, 0.2) is 30.5 Å². The van der Waals surface area contributed by atoms with Gasteiger partial charge >= 0.3 is 11.9 Å². The fraction of sp³-hybridized carbons (Fsp3) is 0.536. The molecule has 1 aromatic heterocycles. The summed E-state index contributed by atoms with van der Waals surface area (Å²) in [6.07, 6.45) is 1.82. The van der Waals surface area contributed by atoms with E-state index in [4.69, 9.17) is 5.73 Å². The molecule has 3 amide bonds. The monoisotopic (exact) mass is 559 g/mol. The first-order chi connectivity index (χ1) is 18.8. The topological polar surface area (TPSA) is 204 Å². The van der Waals surface area contributed by atoms with E-state index in [2.05, 4.69) is 20.9 Å². The van der Waals surface area contributed by atoms with Gasteiger partial charge in [0.2, 0.25) is 17.7 Å². The number of para-hydroxylation sites is 1. The number of benzene rings is 1. The van der Waals surface area contributed by atoms with E-state index < -0.39 is 60.2 Å². The minimum atomic E-state index is -1.34. The van der Waals surface area contributed by atoms with Gasteiger partial charge in [-0.25, -0.2) is 4.79 Å². The average molecular weight is 560 g/mol. The van der Waals surface area contributed by atoms with E-state index in [0.29, 0.717) is 12.0 Å². The molecule has 12 heteroatoms. The number of fused-ring (bicyclic) bond motifs is 1. The maximum atomic E-state index is 13.2. The van der Waals surface area contributed by atoms with Crippen LogP contribution in [-0.2, 0) is 30.4 Å². The zero-order chi connectivity index (χ0) is 30.0. The standard InChI is InChI=1S/C28H41N5O7/c1-5-16(4)24(29)27(38)32-21(12-15(2)3)26(37)31-20(10-11-23(34)35)25(36)33-22(28(39)40)13-17-14-30-19-9-7-6-8-18(17)19/h6-9,14-16,20-22,24,30H,5,10-13,29H2,1-4H3,(H,31,37)(H,32,38)(H,33,36)(H,34,35)(H,39,40). The molecule has 0 aliphatic carbocycles. The summed E-state index contributed by atoms with van der Waals surface area (Å²) in [6.45, 7) is 7.43. The molecule has 5 atom stereocenters. The molecule has 0 spiro atoms. The third-order valence-electron chi connectivity index (χ3n) is 6.89. The van der Waals surface area contributed by atoms with Gasteiger partial charge < -0.3 is 36.9 Å². The molecular formula is C28H41N5O7. The third kappa shape index (κ3) is 9.37. The second kappa shape index (κ2) is 15.0. The van der Waals surface area contributed by atoms with E-state index in [0.717, 1.165) is 10.9 Å². The maximum absolute atomic E-state index is 13.2. The molecule has 2 rings (SSSR count). The Labute approximate surface area is 233 Å². The number of hydrogen-bond donors (Lipinski definition) is 7. The highest BCUT2D eigenvalue weighted by molar-refractivity contribution is 5.94. The molecule has 40 heavy (non-hydrogen) atoms. The van der Waals surface area contributed by atoms with Gasteiger partial charge in [0.25, 0.3) is 0 Å². The first-order valence-electron chi connectivity index (χ1n) is 13.5. The number of hydrogen-bond acceptors (Lipinski definition) is 6. The summed E-state index contributed by atoms with van der Waals surface area (Å²) in [5, 5.41) is 27.4. The van der Waals surface area contributed by atoms with Crippen LogP contribution in [0.5, 0.6) is 0 Å². The van der Waals surface area contributed by atoms with Gasteiger partial charge in [-0.15, -0.1) is 0 Å². The minimum Gasteiger partial charge on any atom is -0.481 e. The number of aromatic nitrogens is 1. The summed E-state index contributed by atoms with van der Waals surface area (Å²) in [5.41, 5.74) is 7.51. The number of aromatic amines is 1. The number of aliphatic carboxylic acids is 2. The second-order valence-electron chi connectivity index (χ2n) is 10.6. The lowest BCUT2D eigenvalue weighted by atomic mass is 9.97. The van der Waals surface area contributed by atoms with E-state index in [1.807, 2.05) is 52.0 Å². The molecule has 12 nitrogen and oxygen atoms in total. The molecule has 1 heterocycles. The Morgan fingerprint density at radius 3 is 2.10 bits per heavy atom. The van der Waals surface area contributed by atoms with Crippen molar-refractivity contribution in [2.45, 2.75) is 84.0 Å². The molecule has 220 valence electrons. The maximum Gasteiger partial charge on any atom is 0.326 e. The average Bonchev–Trinajstić information content (AvgIpc) is 3.31. The molecule has 2 aromatic rings. The van der Waals surface area contributed by atoms with E-state index in [1.165, 1.54) is 0 Å². The van der Waals surface area contributed by atoms with Gasteiger partial charge in [-0.05, 0) is 36.3 Å². The predicted octanol–water partition coefficient (Wildman–Crippen LogP) is 1.53. The van der Waals surface area contributed by atoms with Crippen LogP contribution in [-0.4, -0.2) is 69.0 Å². The summed E-state index contributed by atoms with van der Waals surface area (Å²) in [7, 11) is 0. The number of carbonyl (C=O) groups is 5. The molecule has 5 unspecified atom stereocenters. The van der Waals surface area contributed by atoms with Crippen molar-refractivity contribution in [3.63, 3.8) is 0 Å². The van der Waals surface area contributed by atoms with Crippen LogP contribution in [0, 0.1) is 11.8 Å². The molecule has 0 fully saturated rings. The van der Waals surface area contributed by atoms with E-state index >= 15 is 0 Å². The summed E-state index contributed by atoms with van der Waals surface area (Å²) in [4.78, 5) is 65.5. The van der Waals surface area contributed by atoms with Crippen molar-refractivity contribution < 1.29 is 34.2 Å². The van der Waals surface area contributed by atoms with Crippen molar-refractivity contribution in [2.75, 3.05) is 0 Å². The quantitative estimate of drug-likeness (QED) is 0.160. The molecule has 0 saturated carbocycles. The van der Waals surface area contributed by atoms with Gasteiger partial charge in [0, 0.05) is 29.9 Å². The van der Waals surface area contributed by atoms with Crippen molar-refractivity contribution in [1.29, 1.82) is 0 Å². The van der Waals surface area contributed by atoms with Crippen molar-refractivity contribution in [1.82, 2.24) is 20.9 Å². The van der Waals surface area contributed by atoms with Gasteiger partial charge in [-0.1, -0.05) is 52.3 Å². The second-order valence-corrected chi connectivity index (χ2v) is 10.6. The molecule has 0 aliphatic rings. The highest BCUT2D eigenvalue weighted by Crippen LogP contribution is 2.19. The number of carboxylic acid groups (broad SMARTS) is 2. The normalized spacial score (nSPS) is 15.1. The van der Waals surface area contributed by atoms with Crippen LogP contribution >= 0.6 is 0 Å². The fourth-order valence-corrected chi connectivity index (χ4v) is 4.28. The lowest BCUT2D eigenvalue weighted by molar-refractivity contribution is -0.143. The van der Waals surface area contributed by atoms with Crippen LogP contribution < -0.4 is 21.7 Å². The van der Waals surface area contributed by atoms with Crippen LogP contribution in [0.2, 0.25) is 0 Å². The third-order valence-corrected chi connectivity index (χ3v) is 6.89. The Morgan fingerprint density at radius 2 is 1.50 bits per heavy atom. The minimum absolute atomic E-state index is 0.00488. The number of nitrogens with two attached hydrogens (primary N) is 1. The van der Waals surface area contributed by atoms with E-state index in [1.54, 1.807) is 6.20 Å². The van der Waals surface area contributed by atoms with Gasteiger partial charge in [0.15, 0.2) is 0 Å². The Morgan fingerprint density at radius 1 is 0.900 bits per heavy atom. The van der Waals surface area contributed by atoms with Crippen molar-refractivity contribution >= 4 is 40.6 Å². The first kappa shape index (κ1) is 32.3. The van der Waals surface area contributed by atoms with Gasteiger partial charge in [0.05, 0.1) is 6.04 Å². The molecule has 1 aromatic carbocycles. The highest BCUT2D eigenvalue weighted by Gasteiger charge is 2.32. The smallest absolute Gasteiger partial charge is 0.326 e. The van der Waals surface area contributed by atoms with E-state index in [-0.39, 0.29) is 31.1 Å². The summed E-state index contributed by atoms with van der Waals surface area (Å²) < 4.78 is 0. The lowest BCUT2D eigenvalue weighted by Crippen LogP contribution is -2.58. The molecule has 0 radical (unpaired) electrons. The first-order valence-corrected chi connectivity index (χ1v) is 13.5. The SMILES string of the molecule is CCC(C)C(N)C(=O)NC(CC(C)C)C(=O)NC(CCC(=O)O)C(=O)NC(Cc1c[nH]c2ccccc12)C(=O)O. The van der Waals surface area contributed by atoms with Crippen molar-refractivity contribution in [3.05, 3.63) is 36.0 Å². The lowest BCUT2D eigenvalue weighted by Gasteiger charge is -2.26. The predicted molar refractivity (Wildman–Crippen MR) is 149 cm³/mol. The molecule has 0 saturated heterocycles. The number of rotatable bonds is 16. The summed E-state index contributed by atoms with van der Waals surface area (Å²) in [5.74, 6) is -4.64. The number of amides is 3. The zero-order valence-electron chi connectivity index (χ0n) is 23.4. The Hall–Kier alpha value is -3.93. The summed E-state index contributed by atoms with van der Waals surface area (Å²) in [6, 6.07) is 2.78. The molecular weight excluding hydrogens is 518 g/mol. The number of carbonyl (C=O) groups excluding carboxylic acids is 3. The van der Waals surface area contributed by atoms with Gasteiger partial charge in [-0.3, -0.25) is 19.2 Å². The zero-order valence-corrected chi connectivity index (χ0v) is 23.4. The van der Waals surface area contributed by atoms with Crippen LogP contribution in [0.3, 0.4) is 0 Å². The Bertz CT molecular complexity index is 1190. The van der Waals surface area contributed by atoms with Crippen LogP contribution in [0.4, 0.5) is 0 Å². The largest absolute Gasteiger partial charge is 0.481 e. The number of nitrogens with one attached hydrogen (secondary N) is 4. The Balaban J connectivity index is 2.21. The van der Waals surface area contributed by atoms with Crippen molar-refractivity contribution in [3.8, 4) is 0 Å². The van der Waals surface area contributed by atoms with E-state index in [9.17, 15) is 34.2 Å². The molecule has 0 aliphatic heterocycles. The molecule has 8 N–H and O–H groups in total. The molecule has 0 bridgehead atoms. The van der Waals surface area contributed by atoms with Gasteiger partial charge in [-0.2, -0.15) is 0 Å². The fourth-order valence-electron chi connectivity index (χ4n) is 4.28. The number of carboxylic acids is 2. The van der Waals surface area contributed by atoms with Crippen LogP contribution in [0.1, 0.15) is 58.9 Å². The highest BCUT2D eigenvalue weighted by atomic mass is 16.4. The van der Waals surface area contributed by atoms with Crippen LogP contribution in [0.25, 0.3) is 10.9 Å². The van der Waals surface area contributed by atoms with Crippen molar-refractivity contribution in [2.24, 2.45) is 17.6 Å². The summed E-state index contributed by atoms with van der Waals surface area (Å²) >= 11 is 0. The Kier molecular flexibility index (Phi) is 12.1. The number of H-pyrrole nitrogens is 1. The van der Waals surface area contributed by atoms with Gasteiger partial charge in [0.1, 0.15) is 18.1 Å².